The van der Waals surface area contributed by atoms with Crippen LogP contribution in [0, 0.1) is 5.82 Å². The predicted molar refractivity (Wildman–Crippen MR) is 72.7 cm³/mol. The summed E-state index contributed by atoms with van der Waals surface area (Å²) in [4.78, 5) is 8.63. The maximum atomic E-state index is 13.7. The lowest BCUT2D eigenvalue weighted by Crippen LogP contribution is -2.07. The van der Waals surface area contributed by atoms with Crippen LogP contribution in [0.25, 0.3) is 0 Å². The highest BCUT2D eigenvalue weighted by molar-refractivity contribution is 7.99. The Morgan fingerprint density at radius 1 is 1.37 bits per heavy atom. The summed E-state index contributed by atoms with van der Waals surface area (Å²) in [7, 11) is 0. The van der Waals surface area contributed by atoms with Gasteiger partial charge in [0.15, 0.2) is 11.6 Å². The van der Waals surface area contributed by atoms with Gasteiger partial charge in [-0.3, -0.25) is 0 Å². The highest BCUT2D eigenvalue weighted by Crippen LogP contribution is 2.35. The Labute approximate surface area is 115 Å². The van der Waals surface area contributed by atoms with E-state index in [0.29, 0.717) is 10.6 Å². The molecular formula is C13H14FN3OS. The maximum Gasteiger partial charge on any atom is 0.167 e. The van der Waals surface area contributed by atoms with Gasteiger partial charge in [0.05, 0.1) is 6.10 Å². The van der Waals surface area contributed by atoms with Crippen LogP contribution < -0.4 is 10.5 Å². The Bertz CT molecular complexity index is 563. The first-order valence-electron chi connectivity index (χ1n) is 5.76. The zero-order valence-corrected chi connectivity index (χ0v) is 11.4. The Hall–Kier alpha value is -1.82. The van der Waals surface area contributed by atoms with Crippen molar-refractivity contribution in [2.45, 2.75) is 29.9 Å². The van der Waals surface area contributed by atoms with Crippen LogP contribution in [0.15, 0.2) is 40.6 Å². The Balaban J connectivity index is 2.29. The van der Waals surface area contributed by atoms with Crippen LogP contribution in [0.3, 0.4) is 0 Å². The lowest BCUT2D eigenvalue weighted by atomic mass is 10.3. The molecule has 6 heteroatoms. The average molecular weight is 279 g/mol. The number of nitrogens with two attached hydrogens (primary N) is 1. The summed E-state index contributed by atoms with van der Waals surface area (Å²) < 4.78 is 19.1. The standard InChI is InChI=1S/C13H14FN3OS/c1-8(2)18-11-6-12(10(15)5-9(11)14)19-13-3-4-16-7-17-13/h3-8H,15H2,1-2H3. The van der Waals surface area contributed by atoms with Gasteiger partial charge < -0.3 is 10.5 Å². The Morgan fingerprint density at radius 2 is 2.16 bits per heavy atom. The molecule has 2 aromatic rings. The van der Waals surface area contributed by atoms with Gasteiger partial charge in [0.1, 0.15) is 11.4 Å². The van der Waals surface area contributed by atoms with Gasteiger partial charge in [-0.25, -0.2) is 14.4 Å². The summed E-state index contributed by atoms with van der Waals surface area (Å²) in [5.74, 6) is -0.265. The summed E-state index contributed by atoms with van der Waals surface area (Å²) >= 11 is 1.34. The van der Waals surface area contributed by atoms with E-state index in [0.717, 1.165) is 5.03 Å². The molecule has 0 aliphatic carbocycles. The van der Waals surface area contributed by atoms with E-state index >= 15 is 0 Å². The van der Waals surface area contributed by atoms with E-state index in [9.17, 15) is 4.39 Å². The normalized spacial score (nSPS) is 10.7. The van der Waals surface area contributed by atoms with Crippen molar-refractivity contribution in [3.8, 4) is 5.75 Å². The summed E-state index contributed by atoms with van der Waals surface area (Å²) in [5, 5.41) is 0.740. The van der Waals surface area contributed by atoms with Gasteiger partial charge in [0.2, 0.25) is 0 Å². The molecule has 2 N–H and O–H groups in total. The first-order chi connectivity index (χ1) is 9.06. The third-order valence-corrected chi connectivity index (χ3v) is 3.22. The molecule has 0 saturated carbocycles. The molecule has 1 aromatic carbocycles. The van der Waals surface area contributed by atoms with E-state index in [2.05, 4.69) is 9.97 Å². The van der Waals surface area contributed by atoms with E-state index < -0.39 is 5.82 Å². The highest BCUT2D eigenvalue weighted by Gasteiger charge is 2.12. The smallest absolute Gasteiger partial charge is 0.167 e. The molecule has 0 radical (unpaired) electrons. The van der Waals surface area contributed by atoms with E-state index in [4.69, 9.17) is 10.5 Å². The summed E-state index contributed by atoms with van der Waals surface area (Å²) in [5.41, 5.74) is 6.17. The number of ether oxygens (including phenoxy) is 1. The first-order valence-corrected chi connectivity index (χ1v) is 6.57. The molecular weight excluding hydrogens is 265 g/mol. The number of halogens is 1. The lowest BCUT2D eigenvalue weighted by Gasteiger charge is -2.13. The van der Waals surface area contributed by atoms with Gasteiger partial charge >= 0.3 is 0 Å². The van der Waals surface area contributed by atoms with Crippen LogP contribution >= 0.6 is 11.8 Å². The molecule has 0 bridgehead atoms. The minimum Gasteiger partial charge on any atom is -0.488 e. The van der Waals surface area contributed by atoms with Crippen LogP contribution in [0.4, 0.5) is 10.1 Å². The fraction of sp³-hybridized carbons (Fsp3) is 0.231. The van der Waals surface area contributed by atoms with Gasteiger partial charge in [-0.05, 0) is 26.0 Å². The molecule has 0 spiro atoms. The molecule has 0 aliphatic rings. The molecule has 2 rings (SSSR count). The Morgan fingerprint density at radius 3 is 2.79 bits per heavy atom. The van der Waals surface area contributed by atoms with Crippen molar-refractivity contribution in [3.05, 3.63) is 36.5 Å². The molecule has 100 valence electrons. The number of rotatable bonds is 4. The second-order valence-corrected chi connectivity index (χ2v) is 5.20. The number of nitrogens with zero attached hydrogens (tertiary/aromatic N) is 2. The SMILES string of the molecule is CC(C)Oc1cc(Sc2ccncn2)c(N)cc1F. The fourth-order valence-corrected chi connectivity index (χ4v) is 2.23. The second kappa shape index (κ2) is 5.88. The molecule has 1 heterocycles. The molecule has 0 unspecified atom stereocenters. The number of hydrogen-bond acceptors (Lipinski definition) is 5. The van der Waals surface area contributed by atoms with Crippen molar-refractivity contribution in [1.82, 2.24) is 9.97 Å². The average Bonchev–Trinajstić information content (AvgIpc) is 2.36. The molecule has 0 amide bonds. The van der Waals surface area contributed by atoms with Crippen molar-refractivity contribution >= 4 is 17.4 Å². The van der Waals surface area contributed by atoms with E-state index in [1.165, 1.54) is 24.2 Å². The second-order valence-electron chi connectivity index (χ2n) is 4.14. The highest BCUT2D eigenvalue weighted by atomic mass is 32.2. The largest absolute Gasteiger partial charge is 0.488 e. The van der Waals surface area contributed by atoms with E-state index in [1.807, 2.05) is 13.8 Å². The number of benzene rings is 1. The van der Waals surface area contributed by atoms with Crippen molar-refractivity contribution in [2.24, 2.45) is 0 Å². The van der Waals surface area contributed by atoms with Gasteiger partial charge in [-0.15, -0.1) is 0 Å². The summed E-state index contributed by atoms with van der Waals surface area (Å²) in [6, 6.07) is 4.62. The molecule has 1 aromatic heterocycles. The predicted octanol–water partition coefficient (Wildman–Crippen LogP) is 3.14. The summed E-state index contributed by atoms with van der Waals surface area (Å²) in [6.45, 7) is 3.68. The Kier molecular flexibility index (Phi) is 4.21. The van der Waals surface area contributed by atoms with Crippen molar-refractivity contribution < 1.29 is 9.13 Å². The van der Waals surface area contributed by atoms with Gasteiger partial charge in [-0.1, -0.05) is 11.8 Å². The molecule has 0 fully saturated rings. The number of nitrogen functional groups attached to an aromatic ring is 1. The van der Waals surface area contributed by atoms with Crippen LogP contribution in [0.5, 0.6) is 5.75 Å². The fourth-order valence-electron chi connectivity index (χ4n) is 1.43. The van der Waals surface area contributed by atoms with Crippen molar-refractivity contribution in [3.63, 3.8) is 0 Å². The zero-order valence-electron chi connectivity index (χ0n) is 10.6. The zero-order chi connectivity index (χ0) is 13.8. The van der Waals surface area contributed by atoms with Crippen molar-refractivity contribution in [1.29, 1.82) is 0 Å². The van der Waals surface area contributed by atoms with Crippen LogP contribution in [0.2, 0.25) is 0 Å². The van der Waals surface area contributed by atoms with Gasteiger partial charge in [0, 0.05) is 22.8 Å². The monoisotopic (exact) mass is 279 g/mol. The summed E-state index contributed by atoms with van der Waals surface area (Å²) in [6.07, 6.45) is 2.99. The maximum absolute atomic E-state index is 13.7. The third-order valence-electron chi connectivity index (χ3n) is 2.20. The van der Waals surface area contributed by atoms with Crippen LogP contribution in [-0.2, 0) is 0 Å². The molecule has 4 nitrogen and oxygen atoms in total. The lowest BCUT2D eigenvalue weighted by molar-refractivity contribution is 0.230. The third kappa shape index (κ3) is 3.57. The van der Waals surface area contributed by atoms with Gasteiger partial charge in [-0.2, -0.15) is 0 Å². The number of aromatic nitrogens is 2. The minimum absolute atomic E-state index is 0.102. The topological polar surface area (TPSA) is 61.0 Å². The first kappa shape index (κ1) is 13.6. The minimum atomic E-state index is -0.460. The van der Waals surface area contributed by atoms with Crippen LogP contribution in [0.1, 0.15) is 13.8 Å². The molecule has 0 atom stereocenters. The quantitative estimate of drug-likeness (QED) is 0.688. The number of anilines is 1. The molecule has 19 heavy (non-hydrogen) atoms. The number of hydrogen-bond donors (Lipinski definition) is 1. The van der Waals surface area contributed by atoms with Crippen molar-refractivity contribution in [2.75, 3.05) is 5.73 Å². The molecule has 0 aliphatic heterocycles. The van der Waals surface area contributed by atoms with E-state index in [-0.39, 0.29) is 11.9 Å². The van der Waals surface area contributed by atoms with Gasteiger partial charge in [0.25, 0.3) is 0 Å². The van der Waals surface area contributed by atoms with E-state index in [1.54, 1.807) is 18.3 Å². The van der Waals surface area contributed by atoms with Crippen LogP contribution in [-0.4, -0.2) is 16.1 Å². The molecule has 0 saturated heterocycles.